The SMILES string of the molecule is COc1cccc(OCC(=O)N2CCc3c(sc(C(N)=O)c3-c3cc(C(C)C)ccc3N)C2)c1. The van der Waals surface area contributed by atoms with E-state index in [4.69, 9.17) is 20.9 Å². The van der Waals surface area contributed by atoms with Crippen LogP contribution in [0, 0.1) is 0 Å². The maximum absolute atomic E-state index is 12.9. The Bertz CT molecular complexity index is 1230. The Morgan fingerprint density at radius 1 is 1.15 bits per heavy atom. The van der Waals surface area contributed by atoms with Crippen LogP contribution in [0.25, 0.3) is 11.1 Å². The van der Waals surface area contributed by atoms with Gasteiger partial charge in [-0.3, -0.25) is 9.59 Å². The van der Waals surface area contributed by atoms with Crippen LogP contribution in [-0.4, -0.2) is 37.0 Å². The van der Waals surface area contributed by atoms with E-state index in [0.717, 1.165) is 27.1 Å². The second kappa shape index (κ2) is 9.77. The molecular formula is C26H29N3O4S. The van der Waals surface area contributed by atoms with Crippen molar-refractivity contribution in [1.29, 1.82) is 0 Å². The Kier molecular flexibility index (Phi) is 6.79. The summed E-state index contributed by atoms with van der Waals surface area (Å²) in [5, 5.41) is 0. The third-order valence-electron chi connectivity index (χ3n) is 6.05. The number of hydrogen-bond acceptors (Lipinski definition) is 6. The number of thiophene rings is 1. The minimum absolute atomic E-state index is 0.0766. The van der Waals surface area contributed by atoms with E-state index in [1.165, 1.54) is 11.3 Å². The summed E-state index contributed by atoms with van der Waals surface area (Å²) in [6.45, 7) is 5.09. The van der Waals surface area contributed by atoms with E-state index in [-0.39, 0.29) is 12.5 Å². The summed E-state index contributed by atoms with van der Waals surface area (Å²) in [4.78, 5) is 28.4. The number of carbonyl (C=O) groups is 2. The standard InChI is InChI=1S/C26H29N3O4S/c1-15(2)16-7-8-21(27)20(11-16)24-19-9-10-29(13-22(19)34-25(24)26(28)31)23(30)14-33-18-6-4-5-17(12-18)32-3/h4-8,11-12,15H,9-10,13-14,27H2,1-3H3,(H2,28,31). The molecule has 34 heavy (non-hydrogen) atoms. The maximum Gasteiger partial charge on any atom is 0.260 e. The molecule has 7 nitrogen and oxygen atoms in total. The molecule has 4 rings (SSSR count). The lowest BCUT2D eigenvalue weighted by atomic mass is 9.91. The fourth-order valence-electron chi connectivity index (χ4n) is 4.15. The minimum Gasteiger partial charge on any atom is -0.497 e. The van der Waals surface area contributed by atoms with Gasteiger partial charge in [-0.05, 0) is 47.7 Å². The molecule has 2 amide bonds. The highest BCUT2D eigenvalue weighted by molar-refractivity contribution is 7.14. The number of nitrogens with two attached hydrogens (primary N) is 2. The number of nitrogen functional groups attached to an aromatic ring is 1. The summed E-state index contributed by atoms with van der Waals surface area (Å²) in [6.07, 6.45) is 0.616. The zero-order valence-corrected chi connectivity index (χ0v) is 20.4. The number of hydrogen-bond donors (Lipinski definition) is 2. The van der Waals surface area contributed by atoms with E-state index in [2.05, 4.69) is 13.8 Å². The molecule has 0 fully saturated rings. The largest absolute Gasteiger partial charge is 0.497 e. The Hall–Kier alpha value is -3.52. The summed E-state index contributed by atoms with van der Waals surface area (Å²) in [6, 6.07) is 13.1. The summed E-state index contributed by atoms with van der Waals surface area (Å²) in [5.74, 6) is 0.954. The average molecular weight is 480 g/mol. The van der Waals surface area contributed by atoms with Crippen LogP contribution in [0.3, 0.4) is 0 Å². The number of nitrogens with zero attached hydrogens (tertiary/aromatic N) is 1. The van der Waals surface area contributed by atoms with Crippen LogP contribution in [0.1, 0.15) is 45.4 Å². The molecule has 1 aliphatic heterocycles. The molecule has 2 heterocycles. The third kappa shape index (κ3) is 4.72. The average Bonchev–Trinajstić information content (AvgIpc) is 3.21. The minimum atomic E-state index is -0.483. The first-order chi connectivity index (χ1) is 16.3. The van der Waals surface area contributed by atoms with Gasteiger partial charge < -0.3 is 25.8 Å². The van der Waals surface area contributed by atoms with E-state index in [1.807, 2.05) is 30.3 Å². The highest BCUT2D eigenvalue weighted by Crippen LogP contribution is 2.42. The van der Waals surface area contributed by atoms with E-state index >= 15 is 0 Å². The molecule has 1 aliphatic rings. The number of ether oxygens (including phenoxy) is 2. The number of fused-ring (bicyclic) bond motifs is 1. The molecule has 2 aromatic carbocycles. The van der Waals surface area contributed by atoms with Gasteiger partial charge in [0.05, 0.1) is 13.7 Å². The third-order valence-corrected chi connectivity index (χ3v) is 7.28. The van der Waals surface area contributed by atoms with Crippen LogP contribution in [-0.2, 0) is 17.8 Å². The van der Waals surface area contributed by atoms with E-state index in [9.17, 15) is 9.59 Å². The van der Waals surface area contributed by atoms with Gasteiger partial charge in [-0.2, -0.15) is 0 Å². The van der Waals surface area contributed by atoms with Gasteiger partial charge in [-0.25, -0.2) is 0 Å². The Morgan fingerprint density at radius 3 is 2.62 bits per heavy atom. The van der Waals surface area contributed by atoms with Gasteiger partial charge in [0, 0.05) is 34.3 Å². The highest BCUT2D eigenvalue weighted by Gasteiger charge is 2.30. The van der Waals surface area contributed by atoms with E-state index in [1.54, 1.807) is 24.1 Å². The summed E-state index contributed by atoms with van der Waals surface area (Å²) in [5.41, 5.74) is 16.5. The first-order valence-electron chi connectivity index (χ1n) is 11.2. The second-order valence-corrected chi connectivity index (χ2v) is 9.71. The fourth-order valence-corrected chi connectivity index (χ4v) is 5.38. The summed E-state index contributed by atoms with van der Waals surface area (Å²) >= 11 is 1.35. The number of methoxy groups -OCH3 is 1. The van der Waals surface area contributed by atoms with Crippen molar-refractivity contribution in [2.75, 3.05) is 26.0 Å². The van der Waals surface area contributed by atoms with Gasteiger partial charge in [-0.1, -0.05) is 26.0 Å². The number of benzene rings is 2. The van der Waals surface area contributed by atoms with Gasteiger partial charge in [-0.15, -0.1) is 11.3 Å². The molecule has 0 saturated carbocycles. The van der Waals surface area contributed by atoms with Crippen molar-refractivity contribution in [3.8, 4) is 22.6 Å². The first kappa shape index (κ1) is 23.6. The van der Waals surface area contributed by atoms with Gasteiger partial charge in [0.25, 0.3) is 11.8 Å². The van der Waals surface area contributed by atoms with Gasteiger partial charge in [0.1, 0.15) is 16.4 Å². The number of carbonyl (C=O) groups excluding carboxylic acids is 2. The van der Waals surface area contributed by atoms with Crippen LogP contribution in [0.4, 0.5) is 5.69 Å². The maximum atomic E-state index is 12.9. The lowest BCUT2D eigenvalue weighted by molar-refractivity contribution is -0.134. The zero-order valence-electron chi connectivity index (χ0n) is 19.6. The monoisotopic (exact) mass is 479 g/mol. The van der Waals surface area contributed by atoms with Crippen molar-refractivity contribution >= 4 is 28.8 Å². The van der Waals surface area contributed by atoms with Gasteiger partial charge >= 0.3 is 0 Å². The molecule has 4 N–H and O–H groups in total. The Labute approximate surface area is 203 Å². The van der Waals surface area contributed by atoms with Gasteiger partial charge in [0.15, 0.2) is 6.61 Å². The Morgan fingerprint density at radius 2 is 1.91 bits per heavy atom. The number of anilines is 1. The molecule has 0 bridgehead atoms. The van der Waals surface area contributed by atoms with Gasteiger partial charge in [0.2, 0.25) is 0 Å². The van der Waals surface area contributed by atoms with Crippen LogP contribution in [0.2, 0.25) is 0 Å². The van der Waals surface area contributed by atoms with Crippen molar-refractivity contribution in [3.05, 3.63) is 63.3 Å². The molecule has 0 atom stereocenters. The van der Waals surface area contributed by atoms with Crippen molar-refractivity contribution in [3.63, 3.8) is 0 Å². The van der Waals surface area contributed by atoms with E-state index < -0.39 is 5.91 Å². The summed E-state index contributed by atoms with van der Waals surface area (Å²) < 4.78 is 10.9. The van der Waals surface area contributed by atoms with Crippen molar-refractivity contribution in [2.45, 2.75) is 32.7 Å². The molecule has 0 saturated heterocycles. The normalized spacial score (nSPS) is 13.0. The summed E-state index contributed by atoms with van der Waals surface area (Å²) in [7, 11) is 1.58. The van der Waals surface area contributed by atoms with Crippen LogP contribution < -0.4 is 20.9 Å². The molecular weight excluding hydrogens is 450 g/mol. The van der Waals surface area contributed by atoms with Crippen molar-refractivity contribution in [2.24, 2.45) is 5.73 Å². The van der Waals surface area contributed by atoms with Crippen LogP contribution in [0.5, 0.6) is 11.5 Å². The molecule has 0 unspecified atom stereocenters. The second-order valence-electron chi connectivity index (χ2n) is 8.61. The molecule has 0 radical (unpaired) electrons. The number of rotatable bonds is 7. The molecule has 0 aliphatic carbocycles. The molecule has 8 heteroatoms. The Balaban J connectivity index is 1.58. The molecule has 3 aromatic rings. The quantitative estimate of drug-likeness (QED) is 0.494. The fraction of sp³-hybridized carbons (Fsp3) is 0.308. The first-order valence-corrected chi connectivity index (χ1v) is 12.0. The predicted octanol–water partition coefficient (Wildman–Crippen LogP) is 4.19. The number of primary amides is 1. The lowest BCUT2D eigenvalue weighted by Gasteiger charge is -2.27. The molecule has 178 valence electrons. The smallest absolute Gasteiger partial charge is 0.260 e. The van der Waals surface area contributed by atoms with Crippen molar-refractivity contribution < 1.29 is 19.1 Å². The molecule has 0 spiro atoms. The number of amides is 2. The predicted molar refractivity (Wildman–Crippen MR) is 134 cm³/mol. The van der Waals surface area contributed by atoms with Crippen LogP contribution >= 0.6 is 11.3 Å². The lowest BCUT2D eigenvalue weighted by Crippen LogP contribution is -2.38. The highest BCUT2D eigenvalue weighted by atomic mass is 32.1. The topological polar surface area (TPSA) is 108 Å². The van der Waals surface area contributed by atoms with Crippen LogP contribution in [0.15, 0.2) is 42.5 Å². The van der Waals surface area contributed by atoms with E-state index in [0.29, 0.717) is 47.5 Å². The molecule has 1 aromatic heterocycles. The van der Waals surface area contributed by atoms with Crippen molar-refractivity contribution in [1.82, 2.24) is 4.90 Å². The zero-order chi connectivity index (χ0) is 24.4.